The summed E-state index contributed by atoms with van der Waals surface area (Å²) in [5.41, 5.74) is 3.41. The third-order valence-electron chi connectivity index (χ3n) is 7.07. The van der Waals surface area contributed by atoms with Gasteiger partial charge in [-0.25, -0.2) is 4.98 Å². The number of amides is 1. The fraction of sp³-hybridized carbons (Fsp3) is 0.357. The molecule has 2 atom stereocenters. The quantitative estimate of drug-likeness (QED) is 0.562. The molecule has 0 aromatic carbocycles. The molecule has 2 unspecified atom stereocenters. The van der Waals surface area contributed by atoms with Crippen LogP contribution in [0.25, 0.3) is 11.1 Å². The number of carbonyl (C=O) groups is 1. The topological polar surface area (TPSA) is 128 Å². The number of hydrogen-bond donors (Lipinski definition) is 1. The summed E-state index contributed by atoms with van der Waals surface area (Å²) in [7, 11) is 0. The molecule has 9 nitrogen and oxygen atoms in total. The summed E-state index contributed by atoms with van der Waals surface area (Å²) in [4.78, 5) is 28.6. The van der Waals surface area contributed by atoms with Gasteiger partial charge in [-0.2, -0.15) is 10.5 Å². The number of ether oxygens (including phenoxy) is 1. The fourth-order valence-corrected chi connectivity index (χ4v) is 4.94. The van der Waals surface area contributed by atoms with Gasteiger partial charge in [0.2, 0.25) is 0 Å². The Labute approximate surface area is 215 Å². The highest BCUT2D eigenvalue weighted by atomic mass is 16.5. The summed E-state index contributed by atoms with van der Waals surface area (Å²) in [5, 5.41) is 22.2. The van der Waals surface area contributed by atoms with Gasteiger partial charge in [-0.1, -0.05) is 0 Å². The summed E-state index contributed by atoms with van der Waals surface area (Å²) < 4.78 is 5.68. The largest absolute Gasteiger partial charge is 0.377 e. The molecule has 5 rings (SSSR count). The van der Waals surface area contributed by atoms with Crippen LogP contribution in [0.1, 0.15) is 54.0 Å². The first-order valence-corrected chi connectivity index (χ1v) is 12.2. The van der Waals surface area contributed by atoms with Gasteiger partial charge >= 0.3 is 0 Å². The number of pyridine rings is 3. The number of nitriles is 2. The van der Waals surface area contributed by atoms with E-state index in [1.165, 1.54) is 6.20 Å². The van der Waals surface area contributed by atoms with Crippen molar-refractivity contribution >= 4 is 17.4 Å². The normalized spacial score (nSPS) is 18.7. The van der Waals surface area contributed by atoms with Crippen LogP contribution < -0.4 is 10.2 Å². The standard InChI is InChI=1S/C28H27N7O2/c1-17-24(20-8-19(11-29)26(33-12-20)35-22-4-5-23(35)15-37-14-22)10-21(13-32-17)34-27(36)18-6-7-31-25(9-18)28(2,3)16-30/h6-10,12-13,22-23H,4-5,14-15H2,1-3H3,(H,34,36). The molecule has 1 amide bonds. The van der Waals surface area contributed by atoms with Gasteiger partial charge in [0.25, 0.3) is 5.91 Å². The number of fused-ring (bicyclic) bond motifs is 2. The molecule has 2 saturated heterocycles. The molecule has 3 aromatic rings. The molecular weight excluding hydrogens is 466 g/mol. The van der Waals surface area contributed by atoms with Crippen molar-refractivity contribution in [2.24, 2.45) is 0 Å². The Hall–Kier alpha value is -4.34. The Morgan fingerprint density at radius 3 is 2.57 bits per heavy atom. The predicted molar refractivity (Wildman–Crippen MR) is 138 cm³/mol. The maximum Gasteiger partial charge on any atom is 0.255 e. The van der Waals surface area contributed by atoms with Crippen LogP contribution in [0, 0.1) is 29.6 Å². The number of anilines is 2. The van der Waals surface area contributed by atoms with Crippen molar-refractivity contribution in [3.8, 4) is 23.3 Å². The Bertz CT molecular complexity index is 1440. The number of nitrogens with zero attached hydrogens (tertiary/aromatic N) is 6. The van der Waals surface area contributed by atoms with Crippen molar-refractivity contribution in [3.63, 3.8) is 0 Å². The molecule has 5 heterocycles. The highest BCUT2D eigenvalue weighted by Gasteiger charge is 2.39. The predicted octanol–water partition coefficient (Wildman–Crippen LogP) is 4.14. The average molecular weight is 494 g/mol. The molecular formula is C28H27N7O2. The van der Waals surface area contributed by atoms with E-state index in [9.17, 15) is 15.3 Å². The van der Waals surface area contributed by atoms with Gasteiger partial charge in [-0.15, -0.1) is 0 Å². The molecule has 37 heavy (non-hydrogen) atoms. The third kappa shape index (κ3) is 4.62. The zero-order valence-corrected chi connectivity index (χ0v) is 21.0. The van der Waals surface area contributed by atoms with Crippen LogP contribution in [-0.4, -0.2) is 46.2 Å². The van der Waals surface area contributed by atoms with E-state index in [1.807, 2.05) is 19.1 Å². The molecule has 0 radical (unpaired) electrons. The van der Waals surface area contributed by atoms with Crippen LogP contribution in [0.15, 0.2) is 42.9 Å². The average Bonchev–Trinajstić information content (AvgIpc) is 3.16. The van der Waals surface area contributed by atoms with E-state index < -0.39 is 5.41 Å². The van der Waals surface area contributed by atoms with Crippen LogP contribution in [0.5, 0.6) is 0 Å². The third-order valence-corrected chi connectivity index (χ3v) is 7.07. The van der Waals surface area contributed by atoms with Crippen LogP contribution in [0.2, 0.25) is 0 Å². The van der Waals surface area contributed by atoms with Gasteiger partial charge in [0.05, 0.1) is 59.9 Å². The summed E-state index contributed by atoms with van der Waals surface area (Å²) >= 11 is 0. The lowest BCUT2D eigenvalue weighted by Crippen LogP contribution is -2.46. The molecule has 9 heteroatoms. The van der Waals surface area contributed by atoms with Crippen LogP contribution in [-0.2, 0) is 10.2 Å². The number of rotatable bonds is 5. The summed E-state index contributed by atoms with van der Waals surface area (Å²) in [5.74, 6) is 0.369. The molecule has 2 aliphatic rings. The minimum atomic E-state index is -0.812. The molecule has 0 aliphatic carbocycles. The molecule has 0 spiro atoms. The van der Waals surface area contributed by atoms with E-state index in [1.54, 1.807) is 38.4 Å². The van der Waals surface area contributed by atoms with E-state index in [0.29, 0.717) is 41.5 Å². The summed E-state index contributed by atoms with van der Waals surface area (Å²) in [6.07, 6.45) is 6.96. The number of aromatic nitrogens is 3. The number of nitrogens with one attached hydrogen (secondary N) is 1. The molecule has 186 valence electrons. The fourth-order valence-electron chi connectivity index (χ4n) is 4.94. The molecule has 1 N–H and O–H groups in total. The van der Waals surface area contributed by atoms with E-state index in [0.717, 1.165) is 29.7 Å². The smallest absolute Gasteiger partial charge is 0.255 e. The van der Waals surface area contributed by atoms with Gasteiger partial charge in [0.1, 0.15) is 11.9 Å². The van der Waals surface area contributed by atoms with E-state index in [-0.39, 0.29) is 18.0 Å². The van der Waals surface area contributed by atoms with Gasteiger partial charge in [-0.05, 0) is 57.9 Å². The van der Waals surface area contributed by atoms with E-state index >= 15 is 0 Å². The zero-order valence-electron chi connectivity index (χ0n) is 21.0. The lowest BCUT2D eigenvalue weighted by molar-refractivity contribution is 0.0902. The van der Waals surface area contributed by atoms with Crippen LogP contribution in [0.4, 0.5) is 11.5 Å². The first kappa shape index (κ1) is 24.4. The van der Waals surface area contributed by atoms with Gasteiger partial charge in [0, 0.05) is 34.8 Å². The first-order valence-electron chi connectivity index (χ1n) is 12.2. The highest BCUT2D eigenvalue weighted by molar-refractivity contribution is 6.04. The van der Waals surface area contributed by atoms with Gasteiger partial charge in [-0.3, -0.25) is 14.8 Å². The maximum absolute atomic E-state index is 13.0. The summed E-state index contributed by atoms with van der Waals surface area (Å²) in [6.45, 7) is 6.70. The Morgan fingerprint density at radius 1 is 1.11 bits per heavy atom. The van der Waals surface area contributed by atoms with Crippen LogP contribution >= 0.6 is 0 Å². The van der Waals surface area contributed by atoms with Crippen molar-refractivity contribution in [1.29, 1.82) is 10.5 Å². The zero-order chi connectivity index (χ0) is 26.2. The monoisotopic (exact) mass is 493 g/mol. The van der Waals surface area contributed by atoms with Crippen molar-refractivity contribution in [2.75, 3.05) is 23.4 Å². The lowest BCUT2D eigenvalue weighted by atomic mass is 9.90. The van der Waals surface area contributed by atoms with Crippen molar-refractivity contribution in [2.45, 2.75) is 51.1 Å². The SMILES string of the molecule is Cc1ncc(NC(=O)c2ccnc(C(C)(C)C#N)c2)cc1-c1cnc(N2C3CCC2COC3)c(C#N)c1. The minimum absolute atomic E-state index is 0.249. The number of morpholine rings is 1. The van der Waals surface area contributed by atoms with Crippen molar-refractivity contribution < 1.29 is 9.53 Å². The highest BCUT2D eigenvalue weighted by Crippen LogP contribution is 2.36. The minimum Gasteiger partial charge on any atom is -0.377 e. The van der Waals surface area contributed by atoms with Crippen molar-refractivity contribution in [1.82, 2.24) is 15.0 Å². The molecule has 2 bridgehead atoms. The van der Waals surface area contributed by atoms with E-state index in [4.69, 9.17) is 9.72 Å². The number of aryl methyl sites for hydroxylation is 1. The maximum atomic E-state index is 13.0. The number of hydrogen-bond acceptors (Lipinski definition) is 8. The first-order chi connectivity index (χ1) is 17.8. The second-order valence-electron chi connectivity index (χ2n) is 10.0. The Kier molecular flexibility index (Phi) is 6.32. The van der Waals surface area contributed by atoms with E-state index in [2.05, 4.69) is 32.3 Å². The van der Waals surface area contributed by atoms with Gasteiger partial charge in [0.15, 0.2) is 0 Å². The Balaban J connectivity index is 1.42. The molecule has 2 fully saturated rings. The van der Waals surface area contributed by atoms with Gasteiger partial charge < -0.3 is 15.0 Å². The second-order valence-corrected chi connectivity index (χ2v) is 10.0. The lowest BCUT2D eigenvalue weighted by Gasteiger charge is -2.36. The second kappa shape index (κ2) is 9.61. The molecule has 3 aromatic heterocycles. The van der Waals surface area contributed by atoms with Crippen molar-refractivity contribution in [3.05, 3.63) is 65.4 Å². The Morgan fingerprint density at radius 2 is 1.86 bits per heavy atom. The number of carbonyl (C=O) groups excluding carboxylic acids is 1. The molecule has 0 saturated carbocycles. The van der Waals surface area contributed by atoms with Crippen LogP contribution in [0.3, 0.4) is 0 Å². The summed E-state index contributed by atoms with van der Waals surface area (Å²) in [6, 6.07) is 11.9. The molecule has 2 aliphatic heterocycles.